The molecule has 1 fully saturated rings. The van der Waals surface area contributed by atoms with Crippen molar-refractivity contribution in [3.05, 3.63) is 42.0 Å². The van der Waals surface area contributed by atoms with Crippen molar-refractivity contribution in [2.75, 3.05) is 26.7 Å². The van der Waals surface area contributed by atoms with Crippen LogP contribution in [0.3, 0.4) is 0 Å². The molecule has 0 spiro atoms. The van der Waals surface area contributed by atoms with Gasteiger partial charge >= 0.3 is 5.97 Å². The van der Waals surface area contributed by atoms with Crippen LogP contribution in [-0.4, -0.2) is 49.0 Å². The van der Waals surface area contributed by atoms with E-state index in [-0.39, 0.29) is 12.4 Å². The van der Waals surface area contributed by atoms with E-state index in [1.807, 2.05) is 42.3 Å². The molecule has 0 aromatic heterocycles. The Labute approximate surface area is 129 Å². The van der Waals surface area contributed by atoms with Crippen LogP contribution in [0, 0.1) is 5.92 Å². The summed E-state index contributed by atoms with van der Waals surface area (Å²) in [4.78, 5) is 27.0. The lowest BCUT2D eigenvalue weighted by molar-refractivity contribution is -0.169. The van der Waals surface area contributed by atoms with Gasteiger partial charge in [-0.15, -0.1) is 0 Å². The van der Waals surface area contributed by atoms with Crippen molar-refractivity contribution in [2.45, 2.75) is 12.5 Å². The third-order valence-electron chi connectivity index (χ3n) is 4.15. The molecule has 1 saturated heterocycles. The van der Waals surface area contributed by atoms with Crippen molar-refractivity contribution in [3.8, 4) is 0 Å². The van der Waals surface area contributed by atoms with Crippen LogP contribution in [0.5, 0.6) is 0 Å². The fourth-order valence-electron chi connectivity index (χ4n) is 3.16. The standard InChI is InChI=1S/C17H19NO4/c1-3-21-16(20)17-11-18(2)10-13(17)14(19)9-15(22-17)12-7-5-4-6-8-12/h4-9,13H,3,10-11H2,1-2H3/t13-,17-/m0/s1. The summed E-state index contributed by atoms with van der Waals surface area (Å²) in [6, 6.07) is 9.34. The van der Waals surface area contributed by atoms with E-state index in [2.05, 4.69) is 0 Å². The molecule has 116 valence electrons. The van der Waals surface area contributed by atoms with Crippen molar-refractivity contribution in [1.82, 2.24) is 4.90 Å². The number of hydrogen-bond donors (Lipinski definition) is 0. The zero-order chi connectivity index (χ0) is 15.7. The second-order valence-corrected chi connectivity index (χ2v) is 5.74. The van der Waals surface area contributed by atoms with Gasteiger partial charge in [0.1, 0.15) is 5.76 Å². The van der Waals surface area contributed by atoms with E-state index in [1.54, 1.807) is 6.92 Å². The number of hydrogen-bond acceptors (Lipinski definition) is 5. The van der Waals surface area contributed by atoms with E-state index in [9.17, 15) is 9.59 Å². The maximum atomic E-state index is 12.5. The lowest BCUT2D eigenvalue weighted by Gasteiger charge is -2.35. The first-order valence-corrected chi connectivity index (χ1v) is 7.42. The lowest BCUT2D eigenvalue weighted by atomic mass is 9.84. The predicted molar refractivity (Wildman–Crippen MR) is 80.9 cm³/mol. The fraction of sp³-hybridized carbons (Fsp3) is 0.412. The Hall–Kier alpha value is -2.14. The number of carbonyl (C=O) groups excluding carboxylic acids is 2. The van der Waals surface area contributed by atoms with Gasteiger partial charge in [0.25, 0.3) is 0 Å². The van der Waals surface area contributed by atoms with Crippen LogP contribution in [0.25, 0.3) is 5.76 Å². The number of fused-ring (bicyclic) bond motifs is 1. The molecule has 0 aliphatic carbocycles. The zero-order valence-electron chi connectivity index (χ0n) is 12.7. The number of benzene rings is 1. The van der Waals surface area contributed by atoms with Gasteiger partial charge in [-0.2, -0.15) is 0 Å². The highest BCUT2D eigenvalue weighted by Gasteiger charge is 2.59. The van der Waals surface area contributed by atoms with E-state index < -0.39 is 17.5 Å². The van der Waals surface area contributed by atoms with Gasteiger partial charge in [-0.1, -0.05) is 30.3 Å². The highest BCUT2D eigenvalue weighted by atomic mass is 16.6. The van der Waals surface area contributed by atoms with E-state index in [0.29, 0.717) is 18.8 Å². The fourth-order valence-corrected chi connectivity index (χ4v) is 3.16. The Bertz CT molecular complexity index is 625. The summed E-state index contributed by atoms with van der Waals surface area (Å²) in [5.41, 5.74) is -0.450. The second kappa shape index (κ2) is 5.57. The van der Waals surface area contributed by atoms with E-state index >= 15 is 0 Å². The first-order chi connectivity index (χ1) is 10.6. The summed E-state index contributed by atoms with van der Waals surface area (Å²) < 4.78 is 11.3. The Morgan fingerprint density at radius 1 is 1.41 bits per heavy atom. The summed E-state index contributed by atoms with van der Waals surface area (Å²) in [5.74, 6) is -0.615. The molecule has 0 saturated carbocycles. The monoisotopic (exact) mass is 301 g/mol. The van der Waals surface area contributed by atoms with Gasteiger partial charge in [-0.05, 0) is 14.0 Å². The van der Waals surface area contributed by atoms with E-state index in [4.69, 9.17) is 9.47 Å². The minimum atomic E-state index is -1.23. The number of ether oxygens (including phenoxy) is 2. The molecule has 0 amide bonds. The number of carbonyl (C=O) groups is 2. The summed E-state index contributed by atoms with van der Waals surface area (Å²) in [6.45, 7) is 2.86. The first kappa shape index (κ1) is 14.8. The molecular formula is C17H19NO4. The van der Waals surface area contributed by atoms with E-state index in [1.165, 1.54) is 6.08 Å². The molecule has 0 unspecified atom stereocenters. The number of allylic oxidation sites excluding steroid dienone is 1. The first-order valence-electron chi connectivity index (χ1n) is 7.42. The van der Waals surface area contributed by atoms with Crippen LogP contribution in [0.15, 0.2) is 36.4 Å². The molecule has 1 aromatic carbocycles. The number of likely N-dealkylation sites (tertiary alicyclic amines) is 1. The maximum Gasteiger partial charge on any atom is 0.352 e. The Morgan fingerprint density at radius 2 is 2.14 bits per heavy atom. The van der Waals surface area contributed by atoms with Gasteiger partial charge in [0.2, 0.25) is 5.60 Å². The number of rotatable bonds is 3. The van der Waals surface area contributed by atoms with Gasteiger partial charge in [0.05, 0.1) is 12.5 Å². The van der Waals surface area contributed by atoms with Crippen LogP contribution in [0.1, 0.15) is 12.5 Å². The van der Waals surface area contributed by atoms with Gasteiger partial charge in [-0.3, -0.25) is 4.79 Å². The molecule has 22 heavy (non-hydrogen) atoms. The van der Waals surface area contributed by atoms with Crippen LogP contribution >= 0.6 is 0 Å². The Morgan fingerprint density at radius 3 is 2.82 bits per heavy atom. The summed E-state index contributed by atoms with van der Waals surface area (Å²) in [6.07, 6.45) is 1.50. The molecule has 2 heterocycles. The summed E-state index contributed by atoms with van der Waals surface area (Å²) in [7, 11) is 1.87. The number of esters is 1. The largest absolute Gasteiger partial charge is 0.473 e. The topological polar surface area (TPSA) is 55.8 Å². The van der Waals surface area contributed by atoms with Crippen LogP contribution in [0.4, 0.5) is 0 Å². The molecule has 2 atom stereocenters. The number of ketones is 1. The maximum absolute atomic E-state index is 12.5. The minimum Gasteiger partial charge on any atom is -0.473 e. The number of nitrogens with zero attached hydrogens (tertiary/aromatic N) is 1. The average molecular weight is 301 g/mol. The molecule has 1 aromatic rings. The molecule has 0 radical (unpaired) electrons. The van der Waals surface area contributed by atoms with Gasteiger partial charge in [0, 0.05) is 24.7 Å². The normalized spacial score (nSPS) is 27.8. The van der Waals surface area contributed by atoms with Crippen LogP contribution in [0.2, 0.25) is 0 Å². The smallest absolute Gasteiger partial charge is 0.352 e. The molecule has 5 nitrogen and oxygen atoms in total. The summed E-state index contributed by atoms with van der Waals surface area (Å²) in [5, 5.41) is 0. The quantitative estimate of drug-likeness (QED) is 0.792. The zero-order valence-corrected chi connectivity index (χ0v) is 12.7. The van der Waals surface area contributed by atoms with Crippen LogP contribution in [-0.2, 0) is 19.1 Å². The molecule has 2 aliphatic rings. The van der Waals surface area contributed by atoms with Gasteiger partial charge in [0.15, 0.2) is 5.78 Å². The highest BCUT2D eigenvalue weighted by Crippen LogP contribution is 2.40. The van der Waals surface area contributed by atoms with Crippen LogP contribution < -0.4 is 0 Å². The van der Waals surface area contributed by atoms with Crippen molar-refractivity contribution in [1.29, 1.82) is 0 Å². The predicted octanol–water partition coefficient (Wildman–Crippen LogP) is 1.49. The molecule has 3 rings (SSSR count). The van der Waals surface area contributed by atoms with Crippen molar-refractivity contribution in [3.63, 3.8) is 0 Å². The molecule has 0 bridgehead atoms. The average Bonchev–Trinajstić information content (AvgIpc) is 2.86. The molecule has 2 aliphatic heterocycles. The molecule has 5 heteroatoms. The second-order valence-electron chi connectivity index (χ2n) is 5.74. The molecular weight excluding hydrogens is 282 g/mol. The van der Waals surface area contributed by atoms with Crippen molar-refractivity contribution < 1.29 is 19.1 Å². The SMILES string of the molecule is CCOC(=O)[C@]12CN(C)C[C@H]1C(=O)C=C(c1ccccc1)O2. The molecule has 0 N–H and O–H groups in total. The lowest BCUT2D eigenvalue weighted by Crippen LogP contribution is -2.53. The van der Waals surface area contributed by atoms with Gasteiger partial charge in [-0.25, -0.2) is 4.79 Å². The third kappa shape index (κ3) is 2.31. The Kier molecular flexibility index (Phi) is 3.74. The highest BCUT2D eigenvalue weighted by molar-refractivity contribution is 6.04. The van der Waals surface area contributed by atoms with Crippen molar-refractivity contribution in [2.24, 2.45) is 5.92 Å². The Balaban J connectivity index is 2.01. The minimum absolute atomic E-state index is 0.0810. The van der Waals surface area contributed by atoms with E-state index in [0.717, 1.165) is 5.56 Å². The third-order valence-corrected chi connectivity index (χ3v) is 4.15. The summed E-state index contributed by atoms with van der Waals surface area (Å²) >= 11 is 0. The van der Waals surface area contributed by atoms with Crippen molar-refractivity contribution >= 4 is 17.5 Å². The number of likely N-dealkylation sites (N-methyl/N-ethyl adjacent to an activating group) is 1. The van der Waals surface area contributed by atoms with Gasteiger partial charge < -0.3 is 14.4 Å².